The van der Waals surface area contributed by atoms with E-state index >= 15 is 0 Å². The summed E-state index contributed by atoms with van der Waals surface area (Å²) in [6, 6.07) is 14.9. The zero-order valence-corrected chi connectivity index (χ0v) is 13.9. The molecule has 116 valence electrons. The summed E-state index contributed by atoms with van der Waals surface area (Å²) in [5.41, 5.74) is 2.78. The number of benzene rings is 2. The van der Waals surface area contributed by atoms with Gasteiger partial charge in [0, 0.05) is 16.9 Å². The molecule has 3 aromatic rings. The zero-order valence-electron chi connectivity index (χ0n) is 12.3. The van der Waals surface area contributed by atoms with Gasteiger partial charge in [-0.25, -0.2) is 4.98 Å². The van der Waals surface area contributed by atoms with Crippen molar-refractivity contribution in [3.05, 3.63) is 70.3 Å². The number of hydrogen-bond acceptors (Lipinski definition) is 4. The minimum atomic E-state index is 0.502. The standard InChI is InChI=1S/C17H14Cl2N4/c1-11-4-2-3-5-14(11)22-17-20-9-8-16(23-17)21-15-10-12(18)6-7-13(15)19/h2-10H,1H3,(H2,20,21,22,23). The topological polar surface area (TPSA) is 49.8 Å². The molecule has 2 N–H and O–H groups in total. The van der Waals surface area contributed by atoms with E-state index in [0.717, 1.165) is 11.3 Å². The molecule has 3 rings (SSSR count). The van der Waals surface area contributed by atoms with Gasteiger partial charge >= 0.3 is 0 Å². The molecule has 4 nitrogen and oxygen atoms in total. The van der Waals surface area contributed by atoms with Crippen LogP contribution in [0, 0.1) is 6.92 Å². The Labute approximate surface area is 144 Å². The average molecular weight is 345 g/mol. The molecule has 1 aromatic heterocycles. The largest absolute Gasteiger partial charge is 0.339 e. The fraction of sp³-hybridized carbons (Fsp3) is 0.0588. The Morgan fingerprint density at radius 2 is 1.74 bits per heavy atom. The van der Waals surface area contributed by atoms with Crippen LogP contribution in [-0.2, 0) is 0 Å². The van der Waals surface area contributed by atoms with Gasteiger partial charge in [0.05, 0.1) is 10.7 Å². The lowest BCUT2D eigenvalue weighted by molar-refractivity contribution is 1.16. The summed E-state index contributed by atoms with van der Waals surface area (Å²) in [4.78, 5) is 8.68. The van der Waals surface area contributed by atoms with E-state index in [-0.39, 0.29) is 0 Å². The Kier molecular flexibility index (Phi) is 4.65. The Morgan fingerprint density at radius 3 is 2.57 bits per heavy atom. The van der Waals surface area contributed by atoms with Crippen LogP contribution in [0.4, 0.5) is 23.1 Å². The predicted molar refractivity (Wildman–Crippen MR) is 96.2 cm³/mol. The van der Waals surface area contributed by atoms with Crippen molar-refractivity contribution in [2.75, 3.05) is 10.6 Å². The van der Waals surface area contributed by atoms with Crippen LogP contribution in [0.5, 0.6) is 0 Å². The number of para-hydroxylation sites is 1. The Bertz CT molecular complexity index is 836. The normalized spacial score (nSPS) is 10.4. The van der Waals surface area contributed by atoms with Gasteiger partial charge < -0.3 is 10.6 Å². The molecule has 0 unspecified atom stereocenters. The first-order chi connectivity index (χ1) is 11.1. The second-order valence-corrected chi connectivity index (χ2v) is 5.80. The van der Waals surface area contributed by atoms with Crippen LogP contribution in [0.25, 0.3) is 0 Å². The highest BCUT2D eigenvalue weighted by Gasteiger charge is 2.05. The molecular weight excluding hydrogens is 331 g/mol. The lowest BCUT2D eigenvalue weighted by atomic mass is 10.2. The first-order valence-electron chi connectivity index (χ1n) is 6.99. The Morgan fingerprint density at radius 1 is 0.913 bits per heavy atom. The van der Waals surface area contributed by atoms with Crippen LogP contribution in [0.15, 0.2) is 54.7 Å². The number of rotatable bonds is 4. The van der Waals surface area contributed by atoms with Crippen LogP contribution in [0.1, 0.15) is 5.56 Å². The monoisotopic (exact) mass is 344 g/mol. The molecule has 2 aromatic carbocycles. The lowest BCUT2D eigenvalue weighted by Gasteiger charge is -2.11. The molecule has 0 fully saturated rings. The average Bonchev–Trinajstić information content (AvgIpc) is 2.54. The molecule has 0 aliphatic rings. The van der Waals surface area contributed by atoms with Crippen LogP contribution in [0.2, 0.25) is 10.0 Å². The highest BCUT2D eigenvalue weighted by molar-refractivity contribution is 6.35. The number of nitrogens with zero attached hydrogens (tertiary/aromatic N) is 2. The van der Waals surface area contributed by atoms with Crippen molar-refractivity contribution in [3.8, 4) is 0 Å². The van der Waals surface area contributed by atoms with Crippen LogP contribution >= 0.6 is 23.2 Å². The fourth-order valence-electron chi connectivity index (χ4n) is 2.05. The molecule has 0 spiro atoms. The fourth-order valence-corrected chi connectivity index (χ4v) is 2.39. The molecule has 1 heterocycles. The Balaban J connectivity index is 1.83. The summed E-state index contributed by atoms with van der Waals surface area (Å²) in [7, 11) is 0. The molecule has 0 bridgehead atoms. The molecule has 23 heavy (non-hydrogen) atoms. The van der Waals surface area contributed by atoms with Gasteiger partial charge in [-0.05, 0) is 42.8 Å². The smallest absolute Gasteiger partial charge is 0.229 e. The third-order valence-electron chi connectivity index (χ3n) is 3.24. The summed E-state index contributed by atoms with van der Waals surface area (Å²) in [5, 5.41) is 7.52. The number of hydrogen-bond donors (Lipinski definition) is 2. The maximum absolute atomic E-state index is 6.16. The van der Waals surface area contributed by atoms with Crippen LogP contribution in [0.3, 0.4) is 0 Å². The van der Waals surface area contributed by atoms with Crippen molar-refractivity contribution in [2.24, 2.45) is 0 Å². The van der Waals surface area contributed by atoms with E-state index in [1.807, 2.05) is 31.2 Å². The molecule has 0 aliphatic carbocycles. The highest BCUT2D eigenvalue weighted by atomic mass is 35.5. The molecule has 0 aliphatic heterocycles. The van der Waals surface area contributed by atoms with E-state index < -0.39 is 0 Å². The van der Waals surface area contributed by atoms with E-state index in [1.54, 1.807) is 30.5 Å². The van der Waals surface area contributed by atoms with Gasteiger partial charge in [-0.3, -0.25) is 0 Å². The summed E-state index contributed by atoms with van der Waals surface area (Å²) in [5.74, 6) is 1.13. The molecule has 0 saturated carbocycles. The van der Waals surface area contributed by atoms with E-state index in [4.69, 9.17) is 23.2 Å². The van der Waals surface area contributed by atoms with Gasteiger partial charge in [0.25, 0.3) is 0 Å². The number of halogens is 2. The SMILES string of the molecule is Cc1ccccc1Nc1nccc(Nc2cc(Cl)ccc2Cl)n1. The molecule has 0 amide bonds. The zero-order chi connectivity index (χ0) is 16.2. The van der Waals surface area contributed by atoms with Crippen molar-refractivity contribution >= 4 is 46.3 Å². The molecule has 0 radical (unpaired) electrons. The molecular formula is C17H14Cl2N4. The van der Waals surface area contributed by atoms with E-state index in [0.29, 0.717) is 27.5 Å². The van der Waals surface area contributed by atoms with Gasteiger partial charge in [-0.15, -0.1) is 0 Å². The van der Waals surface area contributed by atoms with Crippen LogP contribution in [-0.4, -0.2) is 9.97 Å². The predicted octanol–water partition coefficient (Wildman–Crippen LogP) is 5.58. The van der Waals surface area contributed by atoms with Crippen molar-refractivity contribution in [2.45, 2.75) is 6.92 Å². The minimum absolute atomic E-state index is 0.502. The molecule has 0 saturated heterocycles. The van der Waals surface area contributed by atoms with Gasteiger partial charge in [0.15, 0.2) is 0 Å². The first kappa shape index (κ1) is 15.6. The number of aryl methyl sites for hydroxylation is 1. The van der Waals surface area contributed by atoms with E-state index in [1.165, 1.54) is 0 Å². The van der Waals surface area contributed by atoms with Gasteiger partial charge in [-0.2, -0.15) is 4.98 Å². The van der Waals surface area contributed by atoms with E-state index in [2.05, 4.69) is 20.6 Å². The highest BCUT2D eigenvalue weighted by Crippen LogP contribution is 2.28. The molecule has 6 heteroatoms. The number of aromatic nitrogens is 2. The second-order valence-electron chi connectivity index (χ2n) is 4.95. The van der Waals surface area contributed by atoms with E-state index in [9.17, 15) is 0 Å². The first-order valence-corrected chi connectivity index (χ1v) is 7.75. The maximum Gasteiger partial charge on any atom is 0.229 e. The van der Waals surface area contributed by atoms with Crippen molar-refractivity contribution < 1.29 is 0 Å². The lowest BCUT2D eigenvalue weighted by Crippen LogP contribution is -2.01. The van der Waals surface area contributed by atoms with Crippen molar-refractivity contribution in [3.63, 3.8) is 0 Å². The summed E-state index contributed by atoms with van der Waals surface area (Å²) in [6.45, 7) is 2.02. The minimum Gasteiger partial charge on any atom is -0.339 e. The van der Waals surface area contributed by atoms with Gasteiger partial charge in [0.1, 0.15) is 5.82 Å². The summed E-state index contributed by atoms with van der Waals surface area (Å²) in [6.07, 6.45) is 1.67. The van der Waals surface area contributed by atoms with Crippen LogP contribution < -0.4 is 10.6 Å². The van der Waals surface area contributed by atoms with Crippen molar-refractivity contribution in [1.29, 1.82) is 0 Å². The van der Waals surface area contributed by atoms with Crippen molar-refractivity contribution in [1.82, 2.24) is 9.97 Å². The van der Waals surface area contributed by atoms with Gasteiger partial charge in [0.2, 0.25) is 5.95 Å². The third kappa shape index (κ3) is 3.92. The van der Waals surface area contributed by atoms with Gasteiger partial charge in [-0.1, -0.05) is 41.4 Å². The third-order valence-corrected chi connectivity index (χ3v) is 3.80. The Hall–Kier alpha value is -2.30. The quantitative estimate of drug-likeness (QED) is 0.648. The summed E-state index contributed by atoms with van der Waals surface area (Å²) < 4.78 is 0. The number of anilines is 4. The second kappa shape index (κ2) is 6.86. The molecule has 0 atom stereocenters. The maximum atomic E-state index is 6.16. The summed E-state index contributed by atoms with van der Waals surface area (Å²) >= 11 is 12.2. The number of nitrogens with one attached hydrogen (secondary N) is 2.